The number of nitrogens with one attached hydrogen (secondary N) is 1. The van der Waals surface area contributed by atoms with E-state index >= 15 is 0 Å². The summed E-state index contributed by atoms with van der Waals surface area (Å²) in [5.74, 6) is 1.93. The number of nitrogens with zero attached hydrogens (tertiary/aromatic N) is 1. The van der Waals surface area contributed by atoms with Crippen molar-refractivity contribution >= 4 is 38.2 Å². The van der Waals surface area contributed by atoms with Gasteiger partial charge in [-0.1, -0.05) is 65.5 Å². The SMILES string of the molecule is N=C(N)c1ccc2cc(C3CC3c3ccc4c(c3)C(C3CCCCC3)=NCC4)cc(Br)c2c1. The van der Waals surface area contributed by atoms with Crippen molar-refractivity contribution in [3.05, 3.63) is 80.8 Å². The zero-order chi connectivity index (χ0) is 22.5. The van der Waals surface area contributed by atoms with Crippen molar-refractivity contribution < 1.29 is 0 Å². The molecule has 2 atom stereocenters. The van der Waals surface area contributed by atoms with Gasteiger partial charge in [-0.05, 0) is 88.7 Å². The van der Waals surface area contributed by atoms with Crippen molar-refractivity contribution in [2.45, 2.75) is 56.8 Å². The summed E-state index contributed by atoms with van der Waals surface area (Å²) < 4.78 is 1.08. The number of halogens is 1. The number of benzene rings is 3. The number of hydrogen-bond donors (Lipinski definition) is 2. The fraction of sp³-hybridized carbons (Fsp3) is 0.379. The van der Waals surface area contributed by atoms with Crippen LogP contribution >= 0.6 is 15.9 Å². The fourth-order valence-electron chi connectivity index (χ4n) is 6.04. The van der Waals surface area contributed by atoms with Gasteiger partial charge in [0.1, 0.15) is 5.84 Å². The van der Waals surface area contributed by atoms with Gasteiger partial charge >= 0.3 is 0 Å². The first-order chi connectivity index (χ1) is 16.1. The van der Waals surface area contributed by atoms with Crippen LogP contribution in [0, 0.1) is 11.3 Å². The molecular weight excluding hydrogens is 470 g/mol. The lowest BCUT2D eigenvalue weighted by atomic mass is 9.80. The van der Waals surface area contributed by atoms with Crippen LogP contribution in [-0.4, -0.2) is 18.1 Å². The Morgan fingerprint density at radius 3 is 2.58 bits per heavy atom. The summed E-state index contributed by atoms with van der Waals surface area (Å²) in [6, 6.07) is 17.9. The van der Waals surface area contributed by atoms with Crippen LogP contribution in [0.15, 0.2) is 58.0 Å². The van der Waals surface area contributed by atoms with Crippen LogP contribution in [0.3, 0.4) is 0 Å². The van der Waals surface area contributed by atoms with E-state index in [9.17, 15) is 0 Å². The summed E-state index contributed by atoms with van der Waals surface area (Å²) in [4.78, 5) is 5.04. The topological polar surface area (TPSA) is 62.2 Å². The molecule has 4 heteroatoms. The summed E-state index contributed by atoms with van der Waals surface area (Å²) in [7, 11) is 0. The minimum Gasteiger partial charge on any atom is -0.384 e. The van der Waals surface area contributed by atoms with E-state index in [-0.39, 0.29) is 5.84 Å². The lowest BCUT2D eigenvalue weighted by Crippen LogP contribution is -2.24. The molecule has 1 aliphatic heterocycles. The number of hydrogen-bond acceptors (Lipinski definition) is 2. The molecule has 0 aromatic heterocycles. The molecule has 1 heterocycles. The van der Waals surface area contributed by atoms with Crippen molar-refractivity contribution in [2.75, 3.05) is 6.54 Å². The zero-order valence-electron chi connectivity index (χ0n) is 18.9. The average Bonchev–Trinajstić information content (AvgIpc) is 3.65. The molecule has 3 aromatic rings. The lowest BCUT2D eigenvalue weighted by Gasteiger charge is -2.27. The molecule has 2 fully saturated rings. The highest BCUT2D eigenvalue weighted by Crippen LogP contribution is 2.55. The number of rotatable bonds is 4. The van der Waals surface area contributed by atoms with Gasteiger partial charge in [-0.3, -0.25) is 10.4 Å². The average molecular weight is 500 g/mol. The lowest BCUT2D eigenvalue weighted by molar-refractivity contribution is 0.438. The van der Waals surface area contributed by atoms with Gasteiger partial charge in [-0.15, -0.1) is 0 Å². The van der Waals surface area contributed by atoms with E-state index in [1.807, 2.05) is 12.1 Å². The van der Waals surface area contributed by atoms with E-state index in [0.29, 0.717) is 17.8 Å². The highest BCUT2D eigenvalue weighted by Gasteiger charge is 2.40. The second-order valence-corrected chi connectivity index (χ2v) is 10.9. The maximum atomic E-state index is 7.72. The van der Waals surface area contributed by atoms with Crippen LogP contribution in [0.2, 0.25) is 0 Å². The van der Waals surface area contributed by atoms with Gasteiger partial charge < -0.3 is 5.73 Å². The van der Waals surface area contributed by atoms with Crippen LogP contribution in [0.5, 0.6) is 0 Å². The van der Waals surface area contributed by atoms with Crippen LogP contribution in [0.1, 0.15) is 78.2 Å². The normalized spacial score (nSPS) is 22.6. The fourth-order valence-corrected chi connectivity index (χ4v) is 6.64. The molecular formula is C29H30BrN3. The summed E-state index contributed by atoms with van der Waals surface area (Å²) in [6.45, 7) is 0.959. The minimum atomic E-state index is 0.110. The Hall–Kier alpha value is -2.46. The third-order valence-electron chi connectivity index (χ3n) is 7.95. The number of amidine groups is 1. The second kappa shape index (κ2) is 8.39. The Morgan fingerprint density at radius 1 is 0.939 bits per heavy atom. The van der Waals surface area contributed by atoms with E-state index in [0.717, 1.165) is 28.4 Å². The van der Waals surface area contributed by atoms with E-state index in [1.54, 1.807) is 0 Å². The maximum Gasteiger partial charge on any atom is 0.122 e. The molecule has 6 rings (SSSR count). The third-order valence-corrected chi connectivity index (χ3v) is 8.61. The van der Waals surface area contributed by atoms with E-state index in [4.69, 9.17) is 16.1 Å². The third kappa shape index (κ3) is 3.93. The number of nitrogens with two attached hydrogens (primary N) is 1. The van der Waals surface area contributed by atoms with E-state index in [1.165, 1.54) is 71.9 Å². The molecule has 3 aromatic carbocycles. The van der Waals surface area contributed by atoms with Crippen LogP contribution in [0.4, 0.5) is 0 Å². The second-order valence-electron chi connectivity index (χ2n) is 10.1. The Labute approximate surface area is 204 Å². The van der Waals surface area contributed by atoms with Crippen molar-refractivity contribution in [3.63, 3.8) is 0 Å². The van der Waals surface area contributed by atoms with Gasteiger partial charge in [0.2, 0.25) is 0 Å². The van der Waals surface area contributed by atoms with Crippen LogP contribution in [-0.2, 0) is 6.42 Å². The summed E-state index contributed by atoms with van der Waals surface area (Å²) in [5.41, 5.74) is 13.7. The molecule has 2 saturated carbocycles. The van der Waals surface area contributed by atoms with Crippen LogP contribution < -0.4 is 5.73 Å². The van der Waals surface area contributed by atoms with E-state index < -0.39 is 0 Å². The summed E-state index contributed by atoms with van der Waals surface area (Å²) in [5, 5.41) is 10.0. The molecule has 0 amide bonds. The number of aliphatic imine (C=N–C) groups is 1. The van der Waals surface area contributed by atoms with Gasteiger partial charge in [0, 0.05) is 28.2 Å². The molecule has 0 spiro atoms. The van der Waals surface area contributed by atoms with Crippen molar-refractivity contribution in [3.8, 4) is 0 Å². The first-order valence-corrected chi connectivity index (χ1v) is 13.1. The molecule has 3 aliphatic rings. The molecule has 0 saturated heterocycles. The first kappa shape index (κ1) is 21.1. The molecule has 2 aliphatic carbocycles. The molecule has 3 N–H and O–H groups in total. The van der Waals surface area contributed by atoms with Gasteiger partial charge in [-0.25, -0.2) is 0 Å². The van der Waals surface area contributed by atoms with Crippen molar-refractivity contribution in [1.82, 2.24) is 0 Å². The number of nitrogen functional groups attached to an aromatic ring is 1. The maximum absolute atomic E-state index is 7.72. The smallest absolute Gasteiger partial charge is 0.122 e. The quantitative estimate of drug-likeness (QED) is 0.292. The van der Waals surface area contributed by atoms with Gasteiger partial charge in [0.15, 0.2) is 0 Å². The molecule has 0 radical (unpaired) electrons. The van der Waals surface area contributed by atoms with E-state index in [2.05, 4.69) is 52.3 Å². The number of fused-ring (bicyclic) bond motifs is 2. The monoisotopic (exact) mass is 499 g/mol. The van der Waals surface area contributed by atoms with Crippen LogP contribution in [0.25, 0.3) is 10.8 Å². The molecule has 168 valence electrons. The molecule has 3 nitrogen and oxygen atoms in total. The highest BCUT2D eigenvalue weighted by molar-refractivity contribution is 9.10. The molecule has 2 unspecified atom stereocenters. The van der Waals surface area contributed by atoms with Gasteiger partial charge in [-0.2, -0.15) is 0 Å². The largest absolute Gasteiger partial charge is 0.384 e. The van der Waals surface area contributed by atoms with Gasteiger partial charge in [0.25, 0.3) is 0 Å². The Balaban J connectivity index is 1.28. The van der Waals surface area contributed by atoms with Crippen molar-refractivity contribution in [1.29, 1.82) is 5.41 Å². The first-order valence-electron chi connectivity index (χ1n) is 12.3. The van der Waals surface area contributed by atoms with Crippen molar-refractivity contribution in [2.24, 2.45) is 16.6 Å². The zero-order valence-corrected chi connectivity index (χ0v) is 20.5. The predicted molar refractivity (Wildman–Crippen MR) is 141 cm³/mol. The summed E-state index contributed by atoms with van der Waals surface area (Å²) in [6.07, 6.45) is 9.01. The Bertz CT molecular complexity index is 1290. The Kier molecular flexibility index (Phi) is 5.37. The highest BCUT2D eigenvalue weighted by atomic mass is 79.9. The minimum absolute atomic E-state index is 0.110. The standard InChI is InChI=1S/C29H30BrN3/c30-27-15-22(12-19-8-9-21(29(31)32)14-25(19)27)24-16-23(24)20-7-6-17-10-11-33-28(26(17)13-20)18-4-2-1-3-5-18/h6-9,12-15,18,23-24H,1-5,10-11,16H2,(H3,31,32). The predicted octanol–water partition coefficient (Wildman–Crippen LogP) is 7.08. The Morgan fingerprint density at radius 2 is 1.76 bits per heavy atom. The summed E-state index contributed by atoms with van der Waals surface area (Å²) >= 11 is 3.78. The molecule has 33 heavy (non-hydrogen) atoms. The molecule has 0 bridgehead atoms. The van der Waals surface area contributed by atoms with Gasteiger partial charge in [0.05, 0.1) is 0 Å².